The van der Waals surface area contributed by atoms with Crippen LogP contribution in [0.5, 0.6) is 5.75 Å². The number of nitrogen functional groups attached to an aromatic ring is 1. The summed E-state index contributed by atoms with van der Waals surface area (Å²) in [6.45, 7) is 0. The maximum atomic E-state index is 5.40. The molecule has 0 amide bonds. The summed E-state index contributed by atoms with van der Waals surface area (Å²) < 4.78 is 5.35. The third kappa shape index (κ3) is 2.00. The molecule has 0 aliphatic carbocycles. The minimum absolute atomic E-state index is 0.779. The third-order valence-electron chi connectivity index (χ3n) is 3.01. The zero-order valence-electron chi connectivity index (χ0n) is 10.5. The smallest absolute Gasteiger partial charge is 0.142 e. The Morgan fingerprint density at radius 1 is 1.21 bits per heavy atom. The van der Waals surface area contributed by atoms with Crippen LogP contribution in [0, 0.1) is 0 Å². The molecular formula is C14H14N4O. The molecule has 0 aliphatic rings. The van der Waals surface area contributed by atoms with Gasteiger partial charge in [-0.15, -0.1) is 0 Å². The molecule has 4 N–H and O–H groups in total. The number of ether oxygens (including phenoxy) is 1. The molecule has 3 aromatic rings. The number of methoxy groups -OCH3 is 1. The van der Waals surface area contributed by atoms with Gasteiger partial charge in [-0.05, 0) is 30.3 Å². The van der Waals surface area contributed by atoms with Gasteiger partial charge in [0.25, 0.3) is 0 Å². The van der Waals surface area contributed by atoms with Gasteiger partial charge in [-0.2, -0.15) is 0 Å². The van der Waals surface area contributed by atoms with Crippen LogP contribution in [0.15, 0.2) is 42.5 Å². The molecule has 0 bridgehead atoms. The van der Waals surface area contributed by atoms with E-state index in [4.69, 9.17) is 10.6 Å². The van der Waals surface area contributed by atoms with E-state index in [-0.39, 0.29) is 0 Å². The Kier molecular flexibility index (Phi) is 2.81. The molecule has 0 unspecified atom stereocenters. The van der Waals surface area contributed by atoms with Crippen LogP contribution < -0.4 is 16.0 Å². The second-order valence-electron chi connectivity index (χ2n) is 4.16. The molecule has 3 rings (SSSR count). The number of hydrazine groups is 1. The van der Waals surface area contributed by atoms with Gasteiger partial charge in [0.05, 0.1) is 29.4 Å². The number of nitrogens with zero attached hydrogens (tertiary/aromatic N) is 1. The van der Waals surface area contributed by atoms with Gasteiger partial charge in [-0.25, -0.2) is 4.98 Å². The average Bonchev–Trinajstić information content (AvgIpc) is 2.89. The fraction of sp³-hybridized carbons (Fsp3) is 0.0714. The zero-order valence-corrected chi connectivity index (χ0v) is 10.5. The minimum atomic E-state index is 0.779. The van der Waals surface area contributed by atoms with Crippen molar-refractivity contribution in [3.05, 3.63) is 42.5 Å². The Balaban J connectivity index is 2.15. The number of rotatable bonds is 3. The standard InChI is InChI=1S/C14H14N4O/c1-19-13-5-3-2-4-10(13)14-16-11-7-6-9(18-15)8-12(11)17-14/h2-8,18H,15H2,1H3,(H,16,17). The van der Waals surface area contributed by atoms with Crippen LogP contribution in [-0.2, 0) is 0 Å². The van der Waals surface area contributed by atoms with Crippen LogP contribution in [0.25, 0.3) is 22.4 Å². The van der Waals surface area contributed by atoms with E-state index in [1.54, 1.807) is 7.11 Å². The predicted molar refractivity (Wildman–Crippen MR) is 75.9 cm³/mol. The van der Waals surface area contributed by atoms with E-state index in [9.17, 15) is 0 Å². The number of nitrogens with one attached hydrogen (secondary N) is 2. The van der Waals surface area contributed by atoms with Crippen molar-refractivity contribution in [3.8, 4) is 17.1 Å². The van der Waals surface area contributed by atoms with Crippen molar-refractivity contribution in [2.45, 2.75) is 0 Å². The summed E-state index contributed by atoms with van der Waals surface area (Å²) in [4.78, 5) is 7.84. The van der Waals surface area contributed by atoms with Crippen LogP contribution in [0.2, 0.25) is 0 Å². The molecule has 0 saturated carbocycles. The van der Waals surface area contributed by atoms with E-state index < -0.39 is 0 Å². The van der Waals surface area contributed by atoms with Crippen LogP contribution in [-0.4, -0.2) is 17.1 Å². The lowest BCUT2D eigenvalue weighted by molar-refractivity contribution is 0.416. The SMILES string of the molecule is COc1ccccc1-c1nc2ccc(NN)cc2[nH]1. The van der Waals surface area contributed by atoms with Gasteiger partial charge >= 0.3 is 0 Å². The van der Waals surface area contributed by atoms with E-state index >= 15 is 0 Å². The first-order valence-corrected chi connectivity index (χ1v) is 5.91. The molecule has 0 fully saturated rings. The molecule has 0 radical (unpaired) electrons. The summed E-state index contributed by atoms with van der Waals surface area (Å²) in [6.07, 6.45) is 0. The second-order valence-corrected chi connectivity index (χ2v) is 4.16. The van der Waals surface area contributed by atoms with E-state index in [1.807, 2.05) is 42.5 Å². The van der Waals surface area contributed by atoms with Gasteiger partial charge in [0, 0.05) is 0 Å². The quantitative estimate of drug-likeness (QED) is 0.496. The number of fused-ring (bicyclic) bond motifs is 1. The molecule has 96 valence electrons. The Morgan fingerprint density at radius 2 is 2.05 bits per heavy atom. The van der Waals surface area contributed by atoms with Crippen LogP contribution in [0.3, 0.4) is 0 Å². The fourth-order valence-electron chi connectivity index (χ4n) is 2.07. The number of anilines is 1. The van der Waals surface area contributed by atoms with E-state index in [1.165, 1.54) is 0 Å². The first kappa shape index (κ1) is 11.6. The van der Waals surface area contributed by atoms with Crippen molar-refractivity contribution < 1.29 is 4.74 Å². The molecule has 19 heavy (non-hydrogen) atoms. The summed E-state index contributed by atoms with van der Waals surface area (Å²) in [5.41, 5.74) is 6.20. The number of benzene rings is 2. The maximum absolute atomic E-state index is 5.40. The van der Waals surface area contributed by atoms with Crippen molar-refractivity contribution in [2.24, 2.45) is 5.84 Å². The summed E-state index contributed by atoms with van der Waals surface area (Å²) in [5, 5.41) is 0. The lowest BCUT2D eigenvalue weighted by Gasteiger charge is -2.04. The molecule has 0 saturated heterocycles. The maximum Gasteiger partial charge on any atom is 0.142 e. The molecule has 0 atom stereocenters. The van der Waals surface area contributed by atoms with Crippen molar-refractivity contribution in [1.29, 1.82) is 0 Å². The normalized spacial score (nSPS) is 10.6. The number of para-hydroxylation sites is 1. The van der Waals surface area contributed by atoms with Crippen molar-refractivity contribution in [3.63, 3.8) is 0 Å². The Morgan fingerprint density at radius 3 is 2.84 bits per heavy atom. The highest BCUT2D eigenvalue weighted by molar-refractivity contribution is 5.83. The van der Waals surface area contributed by atoms with Crippen molar-refractivity contribution in [1.82, 2.24) is 9.97 Å². The Hall–Kier alpha value is -2.53. The lowest BCUT2D eigenvalue weighted by Crippen LogP contribution is -2.05. The van der Waals surface area contributed by atoms with Gasteiger partial charge in [-0.1, -0.05) is 12.1 Å². The zero-order chi connectivity index (χ0) is 13.2. The fourth-order valence-corrected chi connectivity index (χ4v) is 2.07. The highest BCUT2D eigenvalue weighted by atomic mass is 16.5. The van der Waals surface area contributed by atoms with Crippen molar-refractivity contribution in [2.75, 3.05) is 12.5 Å². The van der Waals surface area contributed by atoms with Gasteiger partial charge < -0.3 is 15.1 Å². The Labute approximate surface area is 110 Å². The van der Waals surface area contributed by atoms with Gasteiger partial charge in [0.15, 0.2) is 0 Å². The second kappa shape index (κ2) is 4.62. The lowest BCUT2D eigenvalue weighted by atomic mass is 10.2. The van der Waals surface area contributed by atoms with Gasteiger partial charge in [-0.3, -0.25) is 5.84 Å². The third-order valence-corrected chi connectivity index (χ3v) is 3.01. The van der Waals surface area contributed by atoms with E-state index in [0.29, 0.717) is 0 Å². The monoisotopic (exact) mass is 254 g/mol. The molecule has 2 aromatic carbocycles. The molecule has 5 nitrogen and oxygen atoms in total. The minimum Gasteiger partial charge on any atom is -0.496 e. The largest absolute Gasteiger partial charge is 0.496 e. The molecule has 0 aliphatic heterocycles. The van der Waals surface area contributed by atoms with Gasteiger partial charge in [0.2, 0.25) is 0 Å². The average molecular weight is 254 g/mol. The van der Waals surface area contributed by atoms with Crippen molar-refractivity contribution >= 4 is 16.7 Å². The van der Waals surface area contributed by atoms with Crippen LogP contribution >= 0.6 is 0 Å². The predicted octanol–water partition coefficient (Wildman–Crippen LogP) is 2.52. The molecular weight excluding hydrogens is 240 g/mol. The Bertz CT molecular complexity index is 720. The highest BCUT2D eigenvalue weighted by Gasteiger charge is 2.10. The summed E-state index contributed by atoms with van der Waals surface area (Å²) >= 11 is 0. The number of nitrogens with two attached hydrogens (primary N) is 1. The number of aromatic amines is 1. The number of imidazole rings is 1. The summed E-state index contributed by atoms with van der Waals surface area (Å²) in [7, 11) is 1.65. The number of H-pyrrole nitrogens is 1. The van der Waals surface area contributed by atoms with E-state index in [2.05, 4.69) is 15.4 Å². The number of hydrogen-bond donors (Lipinski definition) is 3. The summed E-state index contributed by atoms with van der Waals surface area (Å²) in [6, 6.07) is 13.5. The number of hydrogen-bond acceptors (Lipinski definition) is 4. The van der Waals surface area contributed by atoms with Crippen LogP contribution in [0.4, 0.5) is 5.69 Å². The number of aromatic nitrogens is 2. The molecule has 0 spiro atoms. The topological polar surface area (TPSA) is 76.0 Å². The highest BCUT2D eigenvalue weighted by Crippen LogP contribution is 2.29. The molecule has 5 heteroatoms. The first-order valence-electron chi connectivity index (χ1n) is 5.91. The molecule has 1 heterocycles. The first-order chi connectivity index (χ1) is 9.31. The van der Waals surface area contributed by atoms with Gasteiger partial charge in [0.1, 0.15) is 11.6 Å². The van der Waals surface area contributed by atoms with Crippen LogP contribution in [0.1, 0.15) is 0 Å². The molecule has 1 aromatic heterocycles. The summed E-state index contributed by atoms with van der Waals surface area (Å²) in [5.74, 6) is 6.97. The van der Waals surface area contributed by atoms with E-state index in [0.717, 1.165) is 33.9 Å².